The highest BCUT2D eigenvalue weighted by Crippen LogP contribution is 2.35. The number of likely N-dealkylation sites (tertiary alicyclic amines) is 1. The fourth-order valence-corrected chi connectivity index (χ4v) is 5.57. The quantitative estimate of drug-likeness (QED) is 0.582. The van der Waals surface area contributed by atoms with Crippen LogP contribution in [0.25, 0.3) is 10.9 Å². The minimum Gasteiger partial charge on any atom is -0.391 e. The second-order valence-corrected chi connectivity index (χ2v) is 9.95. The van der Waals surface area contributed by atoms with Crippen molar-refractivity contribution in [1.82, 2.24) is 15.2 Å². The molecule has 1 saturated carbocycles. The van der Waals surface area contributed by atoms with Gasteiger partial charge < -0.3 is 10.4 Å². The Hall–Kier alpha value is -3.27. The molecule has 180 valence electrons. The molecule has 5 rings (SSSR count). The Balaban J connectivity index is 1.35. The van der Waals surface area contributed by atoms with E-state index in [1.54, 1.807) is 0 Å². The highest BCUT2D eigenvalue weighted by Gasteiger charge is 2.36. The molecular weight excluding hydrogens is 436 g/mol. The van der Waals surface area contributed by atoms with Crippen molar-refractivity contribution in [1.29, 1.82) is 5.26 Å². The molecule has 6 heteroatoms. The number of carbonyl (C=O) groups excluding carboxylic acids is 1. The van der Waals surface area contributed by atoms with Crippen molar-refractivity contribution < 1.29 is 9.90 Å². The second kappa shape index (κ2) is 10.2. The summed E-state index contributed by atoms with van der Waals surface area (Å²) in [7, 11) is 0. The maximum atomic E-state index is 13.1. The zero-order valence-electron chi connectivity index (χ0n) is 20.0. The minimum atomic E-state index is -0.494. The van der Waals surface area contributed by atoms with Gasteiger partial charge >= 0.3 is 0 Å². The maximum absolute atomic E-state index is 13.1. The molecule has 2 heterocycles. The molecule has 0 radical (unpaired) electrons. The fraction of sp³-hybridized carbons (Fsp3) is 0.414. The van der Waals surface area contributed by atoms with Crippen LogP contribution in [-0.4, -0.2) is 46.1 Å². The lowest BCUT2D eigenvalue weighted by molar-refractivity contribution is 0.0714. The number of nitriles is 1. The molecule has 3 aromatic rings. The molecular formula is C29H32N4O2. The molecule has 0 bridgehead atoms. The number of rotatable bonds is 5. The Morgan fingerprint density at radius 1 is 1.09 bits per heavy atom. The Morgan fingerprint density at radius 3 is 2.54 bits per heavy atom. The third-order valence-corrected chi connectivity index (χ3v) is 7.72. The van der Waals surface area contributed by atoms with Crippen molar-refractivity contribution in [2.45, 2.75) is 62.6 Å². The van der Waals surface area contributed by atoms with Gasteiger partial charge in [0.05, 0.1) is 29.1 Å². The number of nitrogens with zero attached hydrogens (tertiary/aromatic N) is 3. The molecule has 1 aliphatic heterocycles. The molecule has 0 spiro atoms. The number of fused-ring (bicyclic) bond motifs is 1. The third-order valence-electron chi connectivity index (χ3n) is 7.72. The number of amides is 1. The Morgan fingerprint density at radius 2 is 1.80 bits per heavy atom. The van der Waals surface area contributed by atoms with Gasteiger partial charge in [-0.3, -0.25) is 9.69 Å². The van der Waals surface area contributed by atoms with Crippen molar-refractivity contribution in [3.05, 3.63) is 77.5 Å². The molecule has 1 amide bonds. The summed E-state index contributed by atoms with van der Waals surface area (Å²) in [5.41, 5.74) is 2.91. The first-order chi connectivity index (χ1) is 17.1. The number of carbonyl (C=O) groups is 1. The van der Waals surface area contributed by atoms with E-state index in [1.165, 1.54) is 0 Å². The molecule has 1 aliphatic carbocycles. The Labute approximate surface area is 206 Å². The number of aromatic nitrogens is 1. The van der Waals surface area contributed by atoms with E-state index in [0.717, 1.165) is 73.6 Å². The van der Waals surface area contributed by atoms with Gasteiger partial charge in [0.2, 0.25) is 0 Å². The summed E-state index contributed by atoms with van der Waals surface area (Å²) >= 11 is 0. The van der Waals surface area contributed by atoms with Crippen LogP contribution in [0, 0.1) is 11.3 Å². The normalized spacial score (nSPS) is 22.4. The lowest BCUT2D eigenvalue weighted by atomic mass is 9.74. The van der Waals surface area contributed by atoms with Gasteiger partial charge in [0.15, 0.2) is 0 Å². The number of nitrogens with one attached hydrogen (secondary N) is 1. The molecule has 2 aliphatic rings. The van der Waals surface area contributed by atoms with Crippen LogP contribution in [0.15, 0.2) is 60.7 Å². The van der Waals surface area contributed by atoms with Crippen molar-refractivity contribution >= 4 is 16.8 Å². The number of piperidine rings is 1. The van der Waals surface area contributed by atoms with E-state index in [0.29, 0.717) is 12.2 Å². The summed E-state index contributed by atoms with van der Waals surface area (Å²) < 4.78 is 0. The number of para-hydroxylation sites is 1. The van der Waals surface area contributed by atoms with E-state index < -0.39 is 11.5 Å². The molecule has 1 saturated heterocycles. The van der Waals surface area contributed by atoms with Crippen LogP contribution in [0.3, 0.4) is 0 Å². The number of hydrogen-bond donors (Lipinski definition) is 2. The number of pyridine rings is 1. The van der Waals surface area contributed by atoms with Crippen LogP contribution >= 0.6 is 0 Å². The molecule has 35 heavy (non-hydrogen) atoms. The van der Waals surface area contributed by atoms with Crippen LogP contribution in [0.4, 0.5) is 0 Å². The molecule has 2 atom stereocenters. The molecule has 6 nitrogen and oxygen atoms in total. The summed E-state index contributed by atoms with van der Waals surface area (Å²) in [6, 6.07) is 22.3. The lowest BCUT2D eigenvalue weighted by Gasteiger charge is -2.37. The van der Waals surface area contributed by atoms with E-state index in [-0.39, 0.29) is 11.9 Å². The SMILES string of the molecule is N#CC1(c2ccccc2)CCN(Cc2cc(C(=O)NC3CCCCC3O)nc3ccccc23)CC1. The molecule has 2 fully saturated rings. The smallest absolute Gasteiger partial charge is 0.270 e. The average molecular weight is 469 g/mol. The van der Waals surface area contributed by atoms with E-state index in [9.17, 15) is 15.2 Å². The predicted octanol–water partition coefficient (Wildman–Crippen LogP) is 4.33. The molecule has 1 aromatic heterocycles. The largest absolute Gasteiger partial charge is 0.391 e. The minimum absolute atomic E-state index is 0.216. The first-order valence-corrected chi connectivity index (χ1v) is 12.6. The van der Waals surface area contributed by atoms with Crippen LogP contribution in [0.2, 0.25) is 0 Å². The highest BCUT2D eigenvalue weighted by molar-refractivity contribution is 5.96. The van der Waals surface area contributed by atoms with E-state index in [1.807, 2.05) is 42.5 Å². The van der Waals surface area contributed by atoms with Gasteiger partial charge in [-0.25, -0.2) is 4.98 Å². The van der Waals surface area contributed by atoms with Crippen LogP contribution in [0.5, 0.6) is 0 Å². The van der Waals surface area contributed by atoms with Crippen LogP contribution in [-0.2, 0) is 12.0 Å². The van der Waals surface area contributed by atoms with Crippen molar-refractivity contribution in [2.24, 2.45) is 0 Å². The molecule has 2 unspecified atom stereocenters. The van der Waals surface area contributed by atoms with Crippen LogP contribution in [0.1, 0.15) is 60.1 Å². The number of benzene rings is 2. The summed E-state index contributed by atoms with van der Waals surface area (Å²) in [4.78, 5) is 20.1. The number of hydrogen-bond acceptors (Lipinski definition) is 5. The maximum Gasteiger partial charge on any atom is 0.270 e. The summed E-state index contributed by atoms with van der Waals surface area (Å²) in [6.45, 7) is 2.33. The molecule has 2 aromatic carbocycles. The van der Waals surface area contributed by atoms with Crippen molar-refractivity contribution in [3.8, 4) is 6.07 Å². The first kappa shape index (κ1) is 23.5. The summed E-state index contributed by atoms with van der Waals surface area (Å²) in [6.07, 6.45) is 4.60. The Kier molecular flexibility index (Phi) is 6.81. The van der Waals surface area contributed by atoms with Gasteiger partial charge in [-0.2, -0.15) is 5.26 Å². The summed E-state index contributed by atoms with van der Waals surface area (Å²) in [5, 5.41) is 24.4. The van der Waals surface area contributed by atoms with Crippen molar-refractivity contribution in [3.63, 3.8) is 0 Å². The fourth-order valence-electron chi connectivity index (χ4n) is 5.57. The lowest BCUT2D eigenvalue weighted by Crippen LogP contribution is -2.45. The van der Waals surface area contributed by atoms with Gasteiger partial charge in [0, 0.05) is 25.0 Å². The molecule has 2 N–H and O–H groups in total. The average Bonchev–Trinajstić information content (AvgIpc) is 2.91. The van der Waals surface area contributed by atoms with Gasteiger partial charge in [0.25, 0.3) is 5.91 Å². The first-order valence-electron chi connectivity index (χ1n) is 12.6. The predicted molar refractivity (Wildman–Crippen MR) is 136 cm³/mol. The second-order valence-electron chi connectivity index (χ2n) is 9.95. The number of aliphatic hydroxyl groups excluding tert-OH is 1. The van der Waals surface area contributed by atoms with Gasteiger partial charge in [-0.05, 0) is 48.9 Å². The number of aliphatic hydroxyl groups is 1. The van der Waals surface area contributed by atoms with E-state index >= 15 is 0 Å². The van der Waals surface area contributed by atoms with Gasteiger partial charge in [-0.15, -0.1) is 0 Å². The third kappa shape index (κ3) is 4.93. The van der Waals surface area contributed by atoms with Crippen LogP contribution < -0.4 is 5.32 Å². The van der Waals surface area contributed by atoms with Gasteiger partial charge in [-0.1, -0.05) is 61.4 Å². The van der Waals surface area contributed by atoms with E-state index in [2.05, 4.69) is 39.5 Å². The topological polar surface area (TPSA) is 89.2 Å². The van der Waals surface area contributed by atoms with E-state index in [4.69, 9.17) is 0 Å². The zero-order chi connectivity index (χ0) is 24.3. The monoisotopic (exact) mass is 468 g/mol. The summed E-state index contributed by atoms with van der Waals surface area (Å²) in [5.74, 6) is -0.228. The highest BCUT2D eigenvalue weighted by atomic mass is 16.3. The van der Waals surface area contributed by atoms with Gasteiger partial charge in [0.1, 0.15) is 5.69 Å². The standard InChI is InChI=1S/C29H32N4O2/c30-20-29(22-8-2-1-3-9-22)14-16-33(17-15-29)19-21-18-26(31-24-11-5-4-10-23(21)24)28(35)32-25-12-6-7-13-27(25)34/h1-5,8-11,18,25,27,34H,6-7,12-17,19H2,(H,32,35). The Bertz CT molecular complexity index is 1230. The zero-order valence-corrected chi connectivity index (χ0v) is 20.0. The van der Waals surface area contributed by atoms with Crippen molar-refractivity contribution in [2.75, 3.05) is 13.1 Å².